The summed E-state index contributed by atoms with van der Waals surface area (Å²) in [5, 5.41) is 0. The number of rotatable bonds is 4. The van der Waals surface area contributed by atoms with Crippen molar-refractivity contribution in [1.29, 1.82) is 0 Å². The third-order valence-electron chi connectivity index (χ3n) is 4.69. The highest BCUT2D eigenvalue weighted by atomic mass is 16.5. The number of amides is 1. The molecule has 2 saturated heterocycles. The van der Waals surface area contributed by atoms with Gasteiger partial charge in [0.05, 0.1) is 19.8 Å². The van der Waals surface area contributed by atoms with Crippen molar-refractivity contribution in [1.82, 2.24) is 19.4 Å². The summed E-state index contributed by atoms with van der Waals surface area (Å²) in [5.41, 5.74) is 0. The van der Waals surface area contributed by atoms with Gasteiger partial charge in [-0.15, -0.1) is 0 Å². The van der Waals surface area contributed by atoms with Crippen molar-refractivity contribution in [3.05, 3.63) is 18.2 Å². The highest BCUT2D eigenvalue weighted by Crippen LogP contribution is 2.26. The Morgan fingerprint density at radius 3 is 2.95 bits per heavy atom. The third-order valence-corrected chi connectivity index (χ3v) is 4.69. The summed E-state index contributed by atoms with van der Waals surface area (Å²) in [6, 6.07) is 0. The van der Waals surface area contributed by atoms with Crippen molar-refractivity contribution >= 4 is 5.91 Å². The summed E-state index contributed by atoms with van der Waals surface area (Å²) in [4.78, 5) is 21.3. The lowest BCUT2D eigenvalue weighted by molar-refractivity contribution is -0.134. The highest BCUT2D eigenvalue weighted by molar-refractivity contribution is 5.78. The lowest BCUT2D eigenvalue weighted by atomic mass is 9.97. The predicted octanol–water partition coefficient (Wildman–Crippen LogP) is 0.941. The van der Waals surface area contributed by atoms with E-state index in [1.54, 1.807) is 0 Å². The molecule has 3 heterocycles. The fourth-order valence-electron chi connectivity index (χ4n) is 3.41. The van der Waals surface area contributed by atoms with E-state index in [1.807, 2.05) is 17.3 Å². The Labute approximate surface area is 132 Å². The average Bonchev–Trinajstić information content (AvgIpc) is 3.04. The van der Waals surface area contributed by atoms with Crippen LogP contribution in [0.25, 0.3) is 0 Å². The number of likely N-dealkylation sites (tertiary alicyclic amines) is 1. The second-order valence-corrected chi connectivity index (χ2v) is 6.14. The van der Waals surface area contributed by atoms with E-state index in [1.165, 1.54) is 0 Å². The first kappa shape index (κ1) is 15.5. The molecule has 6 nitrogen and oxygen atoms in total. The van der Waals surface area contributed by atoms with Crippen LogP contribution in [-0.4, -0.2) is 71.2 Å². The van der Waals surface area contributed by atoms with Gasteiger partial charge in [0, 0.05) is 51.0 Å². The molecule has 0 saturated carbocycles. The van der Waals surface area contributed by atoms with Crippen LogP contribution in [0.15, 0.2) is 12.4 Å². The van der Waals surface area contributed by atoms with Crippen molar-refractivity contribution in [2.75, 3.05) is 45.9 Å². The van der Waals surface area contributed by atoms with Crippen LogP contribution in [0.2, 0.25) is 0 Å². The number of nitrogens with zero attached hydrogens (tertiary/aromatic N) is 4. The highest BCUT2D eigenvalue weighted by Gasteiger charge is 2.28. The quantitative estimate of drug-likeness (QED) is 0.831. The molecule has 1 aromatic heterocycles. The molecule has 6 heteroatoms. The third kappa shape index (κ3) is 3.50. The maximum Gasteiger partial charge on any atom is 0.236 e. The molecule has 0 aromatic carbocycles. The molecule has 0 unspecified atom stereocenters. The molecule has 0 aliphatic carbocycles. The first-order valence-electron chi connectivity index (χ1n) is 8.37. The van der Waals surface area contributed by atoms with E-state index in [0.29, 0.717) is 12.5 Å². The number of imidazole rings is 1. The van der Waals surface area contributed by atoms with Gasteiger partial charge in [-0.05, 0) is 19.8 Å². The fraction of sp³-hybridized carbons (Fsp3) is 0.750. The molecule has 122 valence electrons. The Hall–Kier alpha value is -1.40. The molecule has 1 aromatic rings. The molecule has 1 amide bonds. The lowest BCUT2D eigenvalue weighted by Gasteiger charge is -2.35. The normalized spacial score (nSPS) is 23.7. The summed E-state index contributed by atoms with van der Waals surface area (Å²) in [7, 11) is 0. The predicted molar refractivity (Wildman–Crippen MR) is 83.7 cm³/mol. The lowest BCUT2D eigenvalue weighted by Crippen LogP contribution is -2.47. The van der Waals surface area contributed by atoms with Gasteiger partial charge < -0.3 is 14.2 Å². The van der Waals surface area contributed by atoms with Crippen molar-refractivity contribution in [3.63, 3.8) is 0 Å². The Morgan fingerprint density at radius 1 is 1.36 bits per heavy atom. The van der Waals surface area contributed by atoms with Crippen molar-refractivity contribution in [2.45, 2.75) is 32.2 Å². The Balaban J connectivity index is 1.59. The molecule has 3 rings (SSSR count). The number of aromatic nitrogens is 2. The molecule has 1 atom stereocenters. The zero-order valence-electron chi connectivity index (χ0n) is 13.4. The van der Waals surface area contributed by atoms with Crippen LogP contribution < -0.4 is 0 Å². The molecular formula is C16H26N4O2. The second kappa shape index (κ2) is 7.24. The number of carbonyl (C=O) groups excluding carboxylic acids is 1. The number of aryl methyl sites for hydroxylation is 1. The van der Waals surface area contributed by atoms with Gasteiger partial charge in [0.15, 0.2) is 0 Å². The Kier molecular flexibility index (Phi) is 5.10. The van der Waals surface area contributed by atoms with Crippen LogP contribution in [0.4, 0.5) is 0 Å². The zero-order valence-corrected chi connectivity index (χ0v) is 13.4. The van der Waals surface area contributed by atoms with Gasteiger partial charge in [-0.1, -0.05) is 0 Å². The topological polar surface area (TPSA) is 50.6 Å². The van der Waals surface area contributed by atoms with Crippen LogP contribution in [0.5, 0.6) is 0 Å². The SMILES string of the molecule is CCn1ccnc1[C@H]1CCCN(C(=O)CN2CCOCC2)C1. The van der Waals surface area contributed by atoms with Gasteiger partial charge in [0.25, 0.3) is 0 Å². The smallest absolute Gasteiger partial charge is 0.236 e. The molecule has 2 fully saturated rings. The maximum atomic E-state index is 12.6. The van der Waals surface area contributed by atoms with E-state index >= 15 is 0 Å². The van der Waals surface area contributed by atoms with Crippen LogP contribution >= 0.6 is 0 Å². The van der Waals surface area contributed by atoms with Gasteiger partial charge in [0.1, 0.15) is 5.82 Å². The van der Waals surface area contributed by atoms with Crippen LogP contribution in [0.3, 0.4) is 0 Å². The van der Waals surface area contributed by atoms with Crippen molar-refractivity contribution < 1.29 is 9.53 Å². The molecule has 2 aliphatic rings. The van der Waals surface area contributed by atoms with E-state index < -0.39 is 0 Å². The minimum atomic E-state index is 0.251. The minimum absolute atomic E-state index is 0.251. The van der Waals surface area contributed by atoms with Crippen molar-refractivity contribution in [3.8, 4) is 0 Å². The van der Waals surface area contributed by atoms with Gasteiger partial charge >= 0.3 is 0 Å². The fourth-order valence-corrected chi connectivity index (χ4v) is 3.41. The standard InChI is InChI=1S/C16H26N4O2/c1-2-19-7-5-17-16(19)14-4-3-6-20(12-14)15(21)13-18-8-10-22-11-9-18/h5,7,14H,2-4,6,8-13H2,1H3/t14-/m0/s1. The summed E-state index contributed by atoms with van der Waals surface area (Å²) >= 11 is 0. The van der Waals surface area contributed by atoms with Gasteiger partial charge in [-0.3, -0.25) is 9.69 Å². The molecular weight excluding hydrogens is 280 g/mol. The largest absolute Gasteiger partial charge is 0.379 e. The first-order valence-corrected chi connectivity index (χ1v) is 8.37. The number of morpholine rings is 1. The van der Waals surface area contributed by atoms with Crippen LogP contribution in [0.1, 0.15) is 31.5 Å². The maximum absolute atomic E-state index is 12.6. The number of carbonyl (C=O) groups is 1. The minimum Gasteiger partial charge on any atom is -0.379 e. The second-order valence-electron chi connectivity index (χ2n) is 6.14. The number of hydrogen-bond acceptors (Lipinski definition) is 4. The summed E-state index contributed by atoms with van der Waals surface area (Å²) in [5.74, 6) is 1.75. The van der Waals surface area contributed by atoms with E-state index in [9.17, 15) is 4.79 Å². The summed E-state index contributed by atoms with van der Waals surface area (Å²) < 4.78 is 7.54. The van der Waals surface area contributed by atoms with E-state index in [4.69, 9.17) is 4.74 Å². The van der Waals surface area contributed by atoms with Gasteiger partial charge in [-0.25, -0.2) is 4.98 Å². The van der Waals surface area contributed by atoms with Crippen LogP contribution in [-0.2, 0) is 16.1 Å². The van der Waals surface area contributed by atoms with Gasteiger partial charge in [0.2, 0.25) is 5.91 Å². The van der Waals surface area contributed by atoms with Crippen molar-refractivity contribution in [2.24, 2.45) is 0 Å². The first-order chi connectivity index (χ1) is 10.8. The molecule has 2 aliphatic heterocycles. The van der Waals surface area contributed by atoms with Gasteiger partial charge in [-0.2, -0.15) is 0 Å². The summed E-state index contributed by atoms with van der Waals surface area (Å²) in [6.07, 6.45) is 6.09. The monoisotopic (exact) mass is 306 g/mol. The molecule has 0 spiro atoms. The van der Waals surface area contributed by atoms with E-state index in [-0.39, 0.29) is 5.91 Å². The average molecular weight is 306 g/mol. The van der Waals surface area contributed by atoms with Crippen LogP contribution in [0, 0.1) is 0 Å². The molecule has 0 radical (unpaired) electrons. The zero-order chi connectivity index (χ0) is 15.4. The molecule has 22 heavy (non-hydrogen) atoms. The summed E-state index contributed by atoms with van der Waals surface area (Å²) in [6.45, 7) is 8.49. The van der Waals surface area contributed by atoms with E-state index in [0.717, 1.165) is 64.6 Å². The number of hydrogen-bond donors (Lipinski definition) is 0. The molecule has 0 N–H and O–H groups in total. The molecule has 0 bridgehead atoms. The number of piperidine rings is 1. The Morgan fingerprint density at radius 2 is 2.18 bits per heavy atom. The van der Waals surface area contributed by atoms with E-state index in [2.05, 4.69) is 21.4 Å². The Bertz CT molecular complexity index is 496. The number of ether oxygens (including phenoxy) is 1.